The molecule has 0 radical (unpaired) electrons. The lowest BCUT2D eigenvalue weighted by Gasteiger charge is -2.36. The largest absolute Gasteiger partial charge is 0.497 e. The molecule has 0 saturated heterocycles. The molecule has 1 aliphatic heterocycles. The van der Waals surface area contributed by atoms with Crippen molar-refractivity contribution in [3.8, 4) is 11.5 Å². The molecular formula is C29H30N2O6. The summed E-state index contributed by atoms with van der Waals surface area (Å²) in [7, 11) is 2.88. The fourth-order valence-corrected chi connectivity index (χ4v) is 4.29. The van der Waals surface area contributed by atoms with E-state index in [2.05, 4.69) is 10.1 Å². The van der Waals surface area contributed by atoms with Crippen LogP contribution in [0.5, 0.6) is 11.5 Å². The number of carbonyl (C=O) groups excluding carboxylic acids is 3. The first-order valence-electron chi connectivity index (χ1n) is 12.1. The van der Waals surface area contributed by atoms with Gasteiger partial charge in [-0.1, -0.05) is 36.4 Å². The highest BCUT2D eigenvalue weighted by molar-refractivity contribution is 5.97. The van der Waals surface area contributed by atoms with E-state index in [1.807, 2.05) is 42.5 Å². The van der Waals surface area contributed by atoms with Gasteiger partial charge in [0.2, 0.25) is 11.8 Å². The van der Waals surface area contributed by atoms with Gasteiger partial charge in [0.05, 0.1) is 14.2 Å². The first-order valence-corrected chi connectivity index (χ1v) is 12.1. The predicted molar refractivity (Wildman–Crippen MR) is 138 cm³/mol. The third-order valence-electron chi connectivity index (χ3n) is 6.34. The standard InChI is InChI=1S/C29H30N2O6/c1-35-24-13-10-23(11-14-24)30-29(34)26-17-21-9-12-25(37-19-28(33)36-2)16-22(21)18-31(26)27(32)15-8-20-6-4-3-5-7-20/h3-7,9-14,16,26H,8,15,17-19H2,1-2H3,(H,30,34)/t26-/m0/s1. The Morgan fingerprint density at radius 1 is 0.919 bits per heavy atom. The summed E-state index contributed by atoms with van der Waals surface area (Å²) < 4.78 is 15.3. The van der Waals surface area contributed by atoms with E-state index in [0.29, 0.717) is 30.0 Å². The van der Waals surface area contributed by atoms with Crippen LogP contribution >= 0.6 is 0 Å². The molecule has 1 aliphatic rings. The van der Waals surface area contributed by atoms with Crippen LogP contribution in [0.3, 0.4) is 0 Å². The number of esters is 1. The fraction of sp³-hybridized carbons (Fsp3) is 0.276. The molecule has 8 nitrogen and oxygen atoms in total. The number of hydrogen-bond donors (Lipinski definition) is 1. The fourth-order valence-electron chi connectivity index (χ4n) is 4.29. The maximum absolute atomic E-state index is 13.4. The lowest BCUT2D eigenvalue weighted by molar-refractivity contribution is -0.142. The molecule has 2 amide bonds. The smallest absolute Gasteiger partial charge is 0.343 e. The Morgan fingerprint density at radius 3 is 2.35 bits per heavy atom. The van der Waals surface area contributed by atoms with Gasteiger partial charge in [-0.15, -0.1) is 0 Å². The van der Waals surface area contributed by atoms with E-state index < -0.39 is 12.0 Å². The number of rotatable bonds is 9. The molecule has 0 spiro atoms. The Hall–Kier alpha value is -4.33. The van der Waals surface area contributed by atoms with Crippen LogP contribution in [0.1, 0.15) is 23.1 Å². The summed E-state index contributed by atoms with van der Waals surface area (Å²) in [5, 5.41) is 2.94. The maximum Gasteiger partial charge on any atom is 0.343 e. The van der Waals surface area contributed by atoms with Crippen molar-refractivity contribution >= 4 is 23.5 Å². The van der Waals surface area contributed by atoms with Crippen molar-refractivity contribution in [1.29, 1.82) is 0 Å². The summed E-state index contributed by atoms with van der Waals surface area (Å²) in [5.41, 5.74) is 3.52. The van der Waals surface area contributed by atoms with Crippen molar-refractivity contribution in [3.63, 3.8) is 0 Å². The molecule has 8 heteroatoms. The molecular weight excluding hydrogens is 472 g/mol. The molecule has 0 fully saturated rings. The summed E-state index contributed by atoms with van der Waals surface area (Å²) in [4.78, 5) is 39.9. The van der Waals surface area contributed by atoms with E-state index in [9.17, 15) is 14.4 Å². The highest BCUT2D eigenvalue weighted by Gasteiger charge is 2.34. The Bertz CT molecular complexity index is 1240. The minimum Gasteiger partial charge on any atom is -0.497 e. The number of aryl methyl sites for hydroxylation is 1. The van der Waals surface area contributed by atoms with Gasteiger partial charge in [0.15, 0.2) is 6.61 Å². The second-order valence-electron chi connectivity index (χ2n) is 8.74. The topological polar surface area (TPSA) is 94.2 Å². The van der Waals surface area contributed by atoms with Crippen LogP contribution in [0.25, 0.3) is 0 Å². The van der Waals surface area contributed by atoms with Crippen molar-refractivity contribution in [1.82, 2.24) is 4.90 Å². The minimum atomic E-state index is -0.667. The van der Waals surface area contributed by atoms with E-state index in [-0.39, 0.29) is 31.4 Å². The van der Waals surface area contributed by atoms with Crippen molar-refractivity contribution < 1.29 is 28.6 Å². The van der Waals surface area contributed by atoms with E-state index in [1.165, 1.54) is 7.11 Å². The lowest BCUT2D eigenvalue weighted by atomic mass is 9.92. The summed E-state index contributed by atoms with van der Waals surface area (Å²) in [6.45, 7) is 0.0565. The summed E-state index contributed by atoms with van der Waals surface area (Å²) in [6.07, 6.45) is 1.23. The second kappa shape index (κ2) is 12.1. The molecule has 0 unspecified atom stereocenters. The number of nitrogens with zero attached hydrogens (tertiary/aromatic N) is 1. The van der Waals surface area contributed by atoms with Crippen LogP contribution in [-0.4, -0.2) is 49.6 Å². The maximum atomic E-state index is 13.4. The molecule has 0 aliphatic carbocycles. The molecule has 1 atom stereocenters. The predicted octanol–water partition coefficient (Wildman–Crippen LogP) is 3.77. The van der Waals surface area contributed by atoms with Gasteiger partial charge in [0.25, 0.3) is 0 Å². The van der Waals surface area contributed by atoms with Crippen molar-refractivity contribution in [2.45, 2.75) is 31.8 Å². The van der Waals surface area contributed by atoms with E-state index >= 15 is 0 Å². The number of amides is 2. The molecule has 0 aromatic heterocycles. The van der Waals surface area contributed by atoms with Crippen LogP contribution in [0.15, 0.2) is 72.8 Å². The van der Waals surface area contributed by atoms with Crippen LogP contribution in [-0.2, 0) is 38.5 Å². The average Bonchev–Trinajstić information content (AvgIpc) is 2.94. The molecule has 192 valence electrons. The zero-order chi connectivity index (χ0) is 26.2. The first-order chi connectivity index (χ1) is 18.0. The Morgan fingerprint density at radius 2 is 1.65 bits per heavy atom. The molecule has 37 heavy (non-hydrogen) atoms. The van der Waals surface area contributed by atoms with Gasteiger partial charge in [0.1, 0.15) is 17.5 Å². The lowest BCUT2D eigenvalue weighted by Crippen LogP contribution is -2.50. The van der Waals surface area contributed by atoms with Crippen molar-refractivity contribution in [3.05, 3.63) is 89.5 Å². The number of hydrogen-bond acceptors (Lipinski definition) is 6. The normalized spacial score (nSPS) is 14.3. The molecule has 4 rings (SSSR count). The third kappa shape index (κ3) is 6.67. The highest BCUT2D eigenvalue weighted by Crippen LogP contribution is 2.29. The molecule has 1 N–H and O–H groups in total. The number of methoxy groups -OCH3 is 2. The molecule has 1 heterocycles. The average molecular weight is 503 g/mol. The zero-order valence-corrected chi connectivity index (χ0v) is 20.9. The summed E-state index contributed by atoms with van der Waals surface area (Å²) in [5.74, 6) is 0.348. The molecule has 0 saturated carbocycles. The monoisotopic (exact) mass is 502 g/mol. The number of benzene rings is 3. The number of ether oxygens (including phenoxy) is 3. The van der Waals surface area contributed by atoms with Gasteiger partial charge in [-0.2, -0.15) is 0 Å². The van der Waals surface area contributed by atoms with Gasteiger partial charge in [-0.25, -0.2) is 4.79 Å². The third-order valence-corrected chi connectivity index (χ3v) is 6.34. The van der Waals surface area contributed by atoms with Gasteiger partial charge in [-0.3, -0.25) is 9.59 Å². The van der Waals surface area contributed by atoms with Crippen molar-refractivity contribution in [2.75, 3.05) is 26.1 Å². The molecule has 0 bridgehead atoms. The number of nitrogens with one attached hydrogen (secondary N) is 1. The summed E-state index contributed by atoms with van der Waals surface area (Å²) >= 11 is 0. The van der Waals surface area contributed by atoms with Gasteiger partial charge >= 0.3 is 5.97 Å². The Balaban J connectivity index is 1.54. The van der Waals surface area contributed by atoms with Gasteiger partial charge in [0, 0.05) is 25.1 Å². The van der Waals surface area contributed by atoms with Crippen LogP contribution in [0, 0.1) is 0 Å². The van der Waals surface area contributed by atoms with Crippen molar-refractivity contribution in [2.24, 2.45) is 0 Å². The number of fused-ring (bicyclic) bond motifs is 1. The highest BCUT2D eigenvalue weighted by atomic mass is 16.6. The molecule has 3 aromatic carbocycles. The zero-order valence-electron chi connectivity index (χ0n) is 20.9. The van der Waals surface area contributed by atoms with E-state index in [0.717, 1.165) is 16.7 Å². The minimum absolute atomic E-state index is 0.106. The van der Waals surface area contributed by atoms with Crippen LogP contribution < -0.4 is 14.8 Å². The SMILES string of the molecule is COC(=O)COc1ccc2c(c1)CN(C(=O)CCc1ccccc1)[C@H](C(=O)Nc1ccc(OC)cc1)C2. The summed E-state index contributed by atoms with van der Waals surface area (Å²) in [6, 6.07) is 21.6. The van der Waals surface area contributed by atoms with E-state index in [4.69, 9.17) is 9.47 Å². The first kappa shape index (κ1) is 25.8. The Kier molecular flexibility index (Phi) is 8.40. The molecule has 3 aromatic rings. The van der Waals surface area contributed by atoms with Gasteiger partial charge in [-0.05, 0) is 59.5 Å². The van der Waals surface area contributed by atoms with Crippen LogP contribution in [0.2, 0.25) is 0 Å². The number of carbonyl (C=O) groups is 3. The Labute approximate surface area is 216 Å². The second-order valence-corrected chi connectivity index (χ2v) is 8.74. The number of anilines is 1. The quantitative estimate of drug-likeness (QED) is 0.448. The van der Waals surface area contributed by atoms with E-state index in [1.54, 1.807) is 42.3 Å². The van der Waals surface area contributed by atoms with Crippen LogP contribution in [0.4, 0.5) is 5.69 Å². The van der Waals surface area contributed by atoms with Gasteiger partial charge < -0.3 is 24.4 Å².